The van der Waals surface area contributed by atoms with Gasteiger partial charge >= 0.3 is 6.18 Å². The highest BCUT2D eigenvalue weighted by atomic mass is 35.5. The van der Waals surface area contributed by atoms with E-state index in [9.17, 15) is 18.0 Å². The van der Waals surface area contributed by atoms with Gasteiger partial charge in [-0.25, -0.2) is 4.98 Å². The van der Waals surface area contributed by atoms with Crippen LogP contribution in [0.1, 0.15) is 21.7 Å². The standard InChI is InChI=1S/C13H9Cl2F3N4O/c1-6-7(2-3-10(20-6)13(16,17)18)12(23)22-21-11-8(14)4-19-5-9(11)15/h2-5H,1H3,(H,19,21)(H,22,23). The maximum atomic E-state index is 12.5. The van der Waals surface area contributed by atoms with Gasteiger partial charge in [0.05, 0.1) is 27.0 Å². The van der Waals surface area contributed by atoms with Crippen molar-refractivity contribution in [3.63, 3.8) is 0 Å². The van der Waals surface area contributed by atoms with Crippen LogP contribution >= 0.6 is 23.2 Å². The maximum Gasteiger partial charge on any atom is 0.433 e. The second-order valence-electron chi connectivity index (χ2n) is 4.38. The molecule has 0 aromatic carbocycles. The van der Waals surface area contributed by atoms with E-state index >= 15 is 0 Å². The summed E-state index contributed by atoms with van der Waals surface area (Å²) in [7, 11) is 0. The highest BCUT2D eigenvalue weighted by Crippen LogP contribution is 2.29. The minimum atomic E-state index is -4.57. The highest BCUT2D eigenvalue weighted by Gasteiger charge is 2.33. The molecule has 0 radical (unpaired) electrons. The molecule has 0 spiro atoms. The molecule has 0 saturated heterocycles. The van der Waals surface area contributed by atoms with Gasteiger partial charge in [0.25, 0.3) is 5.91 Å². The van der Waals surface area contributed by atoms with Crippen molar-refractivity contribution in [2.45, 2.75) is 13.1 Å². The molecule has 122 valence electrons. The van der Waals surface area contributed by atoms with Gasteiger partial charge in [-0.05, 0) is 19.1 Å². The Bertz CT molecular complexity index is 732. The van der Waals surface area contributed by atoms with Crippen molar-refractivity contribution in [3.05, 3.63) is 51.5 Å². The molecule has 0 aliphatic rings. The smallest absolute Gasteiger partial charge is 0.295 e. The summed E-state index contributed by atoms with van der Waals surface area (Å²) in [6.45, 7) is 1.30. The number of aryl methyl sites for hydroxylation is 1. The third-order valence-electron chi connectivity index (χ3n) is 2.78. The summed E-state index contributed by atoms with van der Waals surface area (Å²) in [4.78, 5) is 19.1. The summed E-state index contributed by atoms with van der Waals surface area (Å²) >= 11 is 11.7. The second-order valence-corrected chi connectivity index (χ2v) is 5.20. The largest absolute Gasteiger partial charge is 0.433 e. The molecule has 0 unspecified atom stereocenters. The van der Waals surface area contributed by atoms with Crippen molar-refractivity contribution in [2.75, 3.05) is 5.43 Å². The molecule has 1 amide bonds. The number of pyridine rings is 2. The van der Waals surface area contributed by atoms with Crippen LogP contribution in [0.5, 0.6) is 0 Å². The van der Waals surface area contributed by atoms with E-state index in [0.29, 0.717) is 0 Å². The van der Waals surface area contributed by atoms with E-state index in [-0.39, 0.29) is 27.0 Å². The first-order valence-corrected chi connectivity index (χ1v) is 6.86. The van der Waals surface area contributed by atoms with Gasteiger partial charge in [0.15, 0.2) is 0 Å². The Kier molecular flexibility index (Phi) is 4.96. The van der Waals surface area contributed by atoms with E-state index in [1.54, 1.807) is 0 Å². The molecular weight excluding hydrogens is 356 g/mol. The fourth-order valence-corrected chi connectivity index (χ4v) is 2.14. The van der Waals surface area contributed by atoms with Crippen molar-refractivity contribution in [2.24, 2.45) is 0 Å². The van der Waals surface area contributed by atoms with Crippen LogP contribution < -0.4 is 10.9 Å². The number of nitrogens with one attached hydrogen (secondary N) is 2. The van der Waals surface area contributed by atoms with Gasteiger partial charge in [-0.1, -0.05) is 23.2 Å². The summed E-state index contributed by atoms with van der Waals surface area (Å²) in [5.74, 6) is -0.687. The van der Waals surface area contributed by atoms with Crippen molar-refractivity contribution < 1.29 is 18.0 Å². The van der Waals surface area contributed by atoms with Crippen molar-refractivity contribution >= 4 is 34.8 Å². The molecular formula is C13H9Cl2F3N4O. The summed E-state index contributed by atoms with van der Waals surface area (Å²) in [6, 6.07) is 1.77. The van der Waals surface area contributed by atoms with Crippen molar-refractivity contribution in [3.8, 4) is 0 Å². The summed E-state index contributed by atoms with van der Waals surface area (Å²) in [5, 5.41) is 0.333. The number of carbonyl (C=O) groups is 1. The van der Waals surface area contributed by atoms with Crippen LogP contribution in [0.3, 0.4) is 0 Å². The Labute approximate surface area is 138 Å². The fourth-order valence-electron chi connectivity index (χ4n) is 1.68. The quantitative estimate of drug-likeness (QED) is 0.811. The Morgan fingerprint density at radius 2 is 1.78 bits per heavy atom. The SMILES string of the molecule is Cc1nc(C(F)(F)F)ccc1C(=O)NNc1c(Cl)cncc1Cl. The number of nitrogens with zero attached hydrogens (tertiary/aromatic N) is 2. The van der Waals surface area contributed by atoms with Gasteiger partial charge in [-0.3, -0.25) is 20.6 Å². The molecule has 10 heteroatoms. The van der Waals surface area contributed by atoms with E-state index in [1.165, 1.54) is 19.3 Å². The van der Waals surface area contributed by atoms with Crippen LogP contribution in [-0.2, 0) is 6.18 Å². The average Bonchev–Trinajstić information content (AvgIpc) is 2.45. The van der Waals surface area contributed by atoms with Gasteiger partial charge in [0.2, 0.25) is 0 Å². The maximum absolute atomic E-state index is 12.5. The van der Waals surface area contributed by atoms with Crippen LogP contribution in [0.2, 0.25) is 10.0 Å². The molecule has 23 heavy (non-hydrogen) atoms. The molecule has 0 saturated carbocycles. The number of amides is 1. The average molecular weight is 365 g/mol. The van der Waals surface area contributed by atoms with Crippen LogP contribution in [0.4, 0.5) is 18.9 Å². The van der Waals surface area contributed by atoms with E-state index < -0.39 is 17.8 Å². The number of hydrogen-bond acceptors (Lipinski definition) is 4. The molecule has 0 fully saturated rings. The van der Waals surface area contributed by atoms with Crippen LogP contribution in [0.25, 0.3) is 0 Å². The number of anilines is 1. The minimum absolute atomic E-state index is 0.0215. The van der Waals surface area contributed by atoms with Crippen LogP contribution in [-0.4, -0.2) is 15.9 Å². The molecule has 0 aliphatic carbocycles. The number of rotatable bonds is 3. The lowest BCUT2D eigenvalue weighted by atomic mass is 10.1. The molecule has 2 heterocycles. The zero-order valence-electron chi connectivity index (χ0n) is 11.5. The molecule has 2 aromatic rings. The first kappa shape index (κ1) is 17.3. The lowest BCUT2D eigenvalue weighted by Crippen LogP contribution is -2.30. The first-order valence-electron chi connectivity index (χ1n) is 6.10. The van der Waals surface area contributed by atoms with Crippen LogP contribution in [0, 0.1) is 6.92 Å². The number of hydrogen-bond donors (Lipinski definition) is 2. The molecule has 0 bridgehead atoms. The summed E-state index contributed by atoms with van der Waals surface area (Å²) in [6.07, 6.45) is -1.95. The normalized spacial score (nSPS) is 11.2. The highest BCUT2D eigenvalue weighted by molar-refractivity contribution is 6.38. The van der Waals surface area contributed by atoms with Crippen molar-refractivity contribution in [1.82, 2.24) is 15.4 Å². The summed E-state index contributed by atoms with van der Waals surface area (Å²) < 4.78 is 37.6. The molecule has 2 rings (SSSR count). The van der Waals surface area contributed by atoms with E-state index in [2.05, 4.69) is 20.8 Å². The van der Waals surface area contributed by atoms with Crippen LogP contribution in [0.15, 0.2) is 24.5 Å². The molecule has 0 aliphatic heterocycles. The van der Waals surface area contributed by atoms with Crippen molar-refractivity contribution in [1.29, 1.82) is 0 Å². The Hall–Kier alpha value is -2.06. The topological polar surface area (TPSA) is 66.9 Å². The number of alkyl halides is 3. The van der Waals surface area contributed by atoms with E-state index in [0.717, 1.165) is 12.1 Å². The number of aromatic nitrogens is 2. The summed E-state index contributed by atoms with van der Waals surface area (Å²) in [5.41, 5.74) is 3.85. The zero-order valence-corrected chi connectivity index (χ0v) is 13.0. The first-order chi connectivity index (χ1) is 10.7. The Morgan fingerprint density at radius 1 is 1.17 bits per heavy atom. The molecule has 2 aromatic heterocycles. The second kappa shape index (κ2) is 6.59. The number of halogens is 5. The molecule has 0 atom stereocenters. The van der Waals surface area contributed by atoms with Gasteiger partial charge in [0.1, 0.15) is 5.69 Å². The van der Waals surface area contributed by atoms with E-state index in [1.807, 2.05) is 0 Å². The van der Waals surface area contributed by atoms with Gasteiger partial charge < -0.3 is 0 Å². The van der Waals surface area contributed by atoms with Gasteiger partial charge in [0, 0.05) is 12.4 Å². The fraction of sp³-hybridized carbons (Fsp3) is 0.154. The lowest BCUT2D eigenvalue weighted by molar-refractivity contribution is -0.141. The predicted molar refractivity (Wildman–Crippen MR) is 79.3 cm³/mol. The van der Waals surface area contributed by atoms with E-state index in [4.69, 9.17) is 23.2 Å². The zero-order chi connectivity index (χ0) is 17.2. The lowest BCUT2D eigenvalue weighted by Gasteiger charge is -2.13. The third kappa shape index (κ3) is 4.02. The number of hydrazine groups is 1. The Morgan fingerprint density at radius 3 is 2.30 bits per heavy atom. The van der Waals surface area contributed by atoms with Gasteiger partial charge in [-0.2, -0.15) is 13.2 Å². The number of carbonyl (C=O) groups excluding carboxylic acids is 1. The molecule has 5 nitrogen and oxygen atoms in total. The predicted octanol–water partition coefficient (Wildman–Crippen LogP) is 3.87. The monoisotopic (exact) mass is 364 g/mol. The third-order valence-corrected chi connectivity index (χ3v) is 3.35. The molecule has 2 N–H and O–H groups in total. The minimum Gasteiger partial charge on any atom is -0.295 e. The van der Waals surface area contributed by atoms with Gasteiger partial charge in [-0.15, -0.1) is 0 Å². The Balaban J connectivity index is 2.16.